The van der Waals surface area contributed by atoms with Crippen molar-refractivity contribution in [3.63, 3.8) is 0 Å². The molecule has 2 atom stereocenters. The van der Waals surface area contributed by atoms with Gasteiger partial charge in [-0.3, -0.25) is 4.55 Å². The van der Waals surface area contributed by atoms with E-state index in [1.165, 1.54) is 0 Å². The van der Waals surface area contributed by atoms with Gasteiger partial charge in [0.1, 0.15) is 0 Å². The van der Waals surface area contributed by atoms with Crippen molar-refractivity contribution >= 4 is 10.1 Å². The van der Waals surface area contributed by atoms with Gasteiger partial charge in [-0.05, 0) is 13.3 Å². The number of hydrogen-bond acceptors (Lipinski definition) is 4. The predicted octanol–water partition coefficient (Wildman–Crippen LogP) is 0.242. The molecule has 1 rings (SSSR count). The SMILES string of the molecule is C=C1CN[C@H](C(NC(=C)C)S(=O)(=O)O)C1. The smallest absolute Gasteiger partial charge is 0.287 e. The first-order valence-corrected chi connectivity index (χ1v) is 6.09. The van der Waals surface area contributed by atoms with Crippen molar-refractivity contribution in [1.82, 2.24) is 10.6 Å². The van der Waals surface area contributed by atoms with E-state index >= 15 is 0 Å². The molecule has 1 aliphatic heterocycles. The van der Waals surface area contributed by atoms with Gasteiger partial charge in [-0.25, -0.2) is 0 Å². The Morgan fingerprint density at radius 3 is 2.67 bits per heavy atom. The molecule has 0 amide bonds. The van der Waals surface area contributed by atoms with Crippen LogP contribution in [0.25, 0.3) is 0 Å². The highest BCUT2D eigenvalue weighted by molar-refractivity contribution is 7.86. The van der Waals surface area contributed by atoms with Crippen LogP contribution in [-0.2, 0) is 10.1 Å². The molecule has 15 heavy (non-hydrogen) atoms. The third-order valence-corrected chi connectivity index (χ3v) is 3.29. The zero-order valence-corrected chi connectivity index (χ0v) is 9.47. The highest BCUT2D eigenvalue weighted by Gasteiger charge is 2.34. The Labute approximate surface area is 90.0 Å². The Morgan fingerprint density at radius 2 is 2.33 bits per heavy atom. The third kappa shape index (κ3) is 3.33. The van der Waals surface area contributed by atoms with Gasteiger partial charge in [0.2, 0.25) is 0 Å². The lowest BCUT2D eigenvalue weighted by atomic mass is 10.2. The lowest BCUT2D eigenvalue weighted by Gasteiger charge is -2.22. The summed E-state index contributed by atoms with van der Waals surface area (Å²) >= 11 is 0. The minimum absolute atomic E-state index is 0.357. The van der Waals surface area contributed by atoms with Gasteiger partial charge >= 0.3 is 0 Å². The van der Waals surface area contributed by atoms with E-state index in [0.717, 1.165) is 5.57 Å². The summed E-state index contributed by atoms with van der Waals surface area (Å²) in [5.41, 5.74) is 1.43. The highest BCUT2D eigenvalue weighted by Crippen LogP contribution is 2.17. The Bertz CT molecular complexity index is 375. The second-order valence-electron chi connectivity index (χ2n) is 3.80. The number of nitrogens with one attached hydrogen (secondary N) is 2. The summed E-state index contributed by atoms with van der Waals surface area (Å²) < 4.78 is 31.4. The Morgan fingerprint density at radius 1 is 1.73 bits per heavy atom. The van der Waals surface area contributed by atoms with E-state index in [-0.39, 0.29) is 6.04 Å². The Kier molecular flexibility index (Phi) is 3.54. The fourth-order valence-electron chi connectivity index (χ4n) is 1.57. The first-order valence-electron chi connectivity index (χ1n) is 4.59. The van der Waals surface area contributed by atoms with Gasteiger partial charge in [0, 0.05) is 18.3 Å². The summed E-state index contributed by atoms with van der Waals surface area (Å²) in [4.78, 5) is 0. The summed E-state index contributed by atoms with van der Waals surface area (Å²) in [7, 11) is -4.14. The summed E-state index contributed by atoms with van der Waals surface area (Å²) in [6, 6.07) is -0.357. The Hall–Kier alpha value is -0.850. The fraction of sp³-hybridized carbons (Fsp3) is 0.556. The minimum Gasteiger partial charge on any atom is -0.370 e. The average molecular weight is 232 g/mol. The predicted molar refractivity (Wildman–Crippen MR) is 58.8 cm³/mol. The lowest BCUT2D eigenvalue weighted by molar-refractivity contribution is 0.425. The Balaban J connectivity index is 2.82. The monoisotopic (exact) mass is 232 g/mol. The molecule has 0 spiro atoms. The minimum atomic E-state index is -4.14. The lowest BCUT2D eigenvalue weighted by Crippen LogP contribution is -2.48. The van der Waals surface area contributed by atoms with E-state index in [2.05, 4.69) is 23.8 Å². The van der Waals surface area contributed by atoms with Crippen molar-refractivity contribution in [2.24, 2.45) is 0 Å². The van der Waals surface area contributed by atoms with Gasteiger partial charge in [0.05, 0.1) is 0 Å². The zero-order chi connectivity index (χ0) is 11.6. The molecular formula is C9H16N2O3S. The van der Waals surface area contributed by atoms with Crippen LogP contribution in [0.5, 0.6) is 0 Å². The molecule has 1 aliphatic rings. The molecule has 86 valence electrons. The van der Waals surface area contributed by atoms with Crippen LogP contribution in [-0.4, -0.2) is 30.9 Å². The van der Waals surface area contributed by atoms with Gasteiger partial charge in [-0.2, -0.15) is 8.42 Å². The van der Waals surface area contributed by atoms with Crippen molar-refractivity contribution in [2.45, 2.75) is 24.8 Å². The van der Waals surface area contributed by atoms with Crippen molar-refractivity contribution in [2.75, 3.05) is 6.54 Å². The van der Waals surface area contributed by atoms with Crippen LogP contribution in [0.4, 0.5) is 0 Å². The molecule has 0 bridgehead atoms. The maximum atomic E-state index is 11.1. The van der Waals surface area contributed by atoms with E-state index in [4.69, 9.17) is 4.55 Å². The largest absolute Gasteiger partial charge is 0.370 e. The normalized spacial score (nSPS) is 23.9. The number of rotatable bonds is 4. The summed E-state index contributed by atoms with van der Waals surface area (Å²) in [5, 5.41) is 4.56. The zero-order valence-electron chi connectivity index (χ0n) is 8.66. The molecule has 1 saturated heterocycles. The van der Waals surface area contributed by atoms with Crippen LogP contribution in [0, 0.1) is 0 Å². The summed E-state index contributed by atoms with van der Waals surface area (Å²) in [5.74, 6) is 0. The molecule has 0 saturated carbocycles. The van der Waals surface area contributed by atoms with Crippen molar-refractivity contribution < 1.29 is 13.0 Å². The molecule has 0 aromatic heterocycles. The maximum absolute atomic E-state index is 11.1. The van der Waals surface area contributed by atoms with Crippen molar-refractivity contribution in [3.8, 4) is 0 Å². The van der Waals surface area contributed by atoms with Crippen LogP contribution in [0.2, 0.25) is 0 Å². The maximum Gasteiger partial charge on any atom is 0.287 e. The molecular weight excluding hydrogens is 216 g/mol. The number of hydrogen-bond donors (Lipinski definition) is 3. The molecule has 0 aliphatic carbocycles. The van der Waals surface area contributed by atoms with Gasteiger partial charge in [0.15, 0.2) is 5.37 Å². The molecule has 1 fully saturated rings. The fourth-order valence-corrected chi connectivity index (χ4v) is 2.53. The van der Waals surface area contributed by atoms with Gasteiger partial charge < -0.3 is 10.6 Å². The van der Waals surface area contributed by atoms with Crippen LogP contribution < -0.4 is 10.6 Å². The van der Waals surface area contributed by atoms with Crippen molar-refractivity contribution in [3.05, 3.63) is 24.4 Å². The quantitative estimate of drug-likeness (QED) is 0.478. The molecule has 3 N–H and O–H groups in total. The topological polar surface area (TPSA) is 78.4 Å². The number of allylic oxidation sites excluding steroid dienone is 1. The van der Waals surface area contributed by atoms with E-state index in [1.54, 1.807) is 6.92 Å². The van der Waals surface area contributed by atoms with E-state index in [0.29, 0.717) is 18.7 Å². The van der Waals surface area contributed by atoms with Gasteiger partial charge in [0.25, 0.3) is 10.1 Å². The first kappa shape index (κ1) is 12.2. The van der Waals surface area contributed by atoms with E-state index in [9.17, 15) is 8.42 Å². The summed E-state index contributed by atoms with van der Waals surface area (Å²) in [6.45, 7) is 9.54. The van der Waals surface area contributed by atoms with E-state index < -0.39 is 15.5 Å². The molecule has 6 heteroatoms. The summed E-state index contributed by atoms with van der Waals surface area (Å²) in [6.07, 6.45) is 0.532. The third-order valence-electron chi connectivity index (χ3n) is 2.20. The highest BCUT2D eigenvalue weighted by atomic mass is 32.2. The van der Waals surface area contributed by atoms with Crippen LogP contribution in [0.1, 0.15) is 13.3 Å². The van der Waals surface area contributed by atoms with Gasteiger partial charge in [-0.1, -0.05) is 18.7 Å². The van der Waals surface area contributed by atoms with Crippen LogP contribution >= 0.6 is 0 Å². The molecule has 0 radical (unpaired) electrons. The van der Waals surface area contributed by atoms with Gasteiger partial charge in [-0.15, -0.1) is 0 Å². The second-order valence-corrected chi connectivity index (χ2v) is 5.34. The molecule has 5 nitrogen and oxygen atoms in total. The molecule has 1 heterocycles. The molecule has 0 aromatic carbocycles. The standard InChI is InChI=1S/C9H16N2O3S/c1-6(2)11-9(15(12,13)14)8-4-7(3)5-10-8/h8-11H,1,3-5H2,2H3,(H,12,13,14)/t8-,9?/m0/s1. The molecule has 0 aromatic rings. The van der Waals surface area contributed by atoms with Crippen LogP contribution in [0.3, 0.4) is 0 Å². The first-order chi connectivity index (χ1) is 6.80. The van der Waals surface area contributed by atoms with Crippen molar-refractivity contribution in [1.29, 1.82) is 0 Å². The van der Waals surface area contributed by atoms with Crippen LogP contribution in [0.15, 0.2) is 24.4 Å². The average Bonchev–Trinajstić information content (AvgIpc) is 2.45. The van der Waals surface area contributed by atoms with E-state index in [1.807, 2.05) is 0 Å². The second kappa shape index (κ2) is 4.34. The molecule has 1 unspecified atom stereocenters.